The first kappa shape index (κ1) is 30.8. The van der Waals surface area contributed by atoms with E-state index < -0.39 is 23.7 Å². The minimum absolute atomic E-state index is 0.126. The molecule has 5 rings (SSSR count). The predicted octanol–water partition coefficient (Wildman–Crippen LogP) is 6.55. The molecule has 1 aromatic heterocycles. The first-order chi connectivity index (χ1) is 21.7. The molecule has 0 atom stereocenters. The highest BCUT2D eigenvalue weighted by Crippen LogP contribution is 2.37. The third kappa shape index (κ3) is 6.78. The van der Waals surface area contributed by atoms with E-state index in [1.54, 1.807) is 42.5 Å². The molecule has 0 fully saturated rings. The van der Waals surface area contributed by atoms with Gasteiger partial charge in [-0.3, -0.25) is 9.59 Å². The van der Waals surface area contributed by atoms with Crippen molar-refractivity contribution in [2.45, 2.75) is 6.92 Å². The van der Waals surface area contributed by atoms with Crippen LogP contribution in [0.4, 0.5) is 4.39 Å². The summed E-state index contributed by atoms with van der Waals surface area (Å²) in [6, 6.07) is 20.0. The number of H-pyrrole nitrogens is 1. The number of ether oxygens (including phenoxy) is 4. The van der Waals surface area contributed by atoms with Gasteiger partial charge in [-0.1, -0.05) is 29.8 Å². The summed E-state index contributed by atoms with van der Waals surface area (Å²) in [7, 11) is 2.78. The van der Waals surface area contributed by atoms with Crippen LogP contribution in [0.5, 0.6) is 23.0 Å². The van der Waals surface area contributed by atoms with Crippen LogP contribution in [-0.2, 0) is 4.79 Å². The molecule has 0 bridgehead atoms. The SMILES string of the molecule is COc1cc(C(=O)Oc2ccc(C=NNC(=O)c3[nH]c4ccc(F)cc4c3-c3ccccc3Cl)cc2OC)ccc1OC(C)=O. The number of benzene rings is 4. The van der Waals surface area contributed by atoms with E-state index in [1.807, 2.05) is 0 Å². The van der Waals surface area contributed by atoms with Gasteiger partial charge in [-0.2, -0.15) is 5.10 Å². The fourth-order valence-electron chi connectivity index (χ4n) is 4.54. The number of esters is 2. The maximum absolute atomic E-state index is 14.1. The molecule has 228 valence electrons. The Labute approximate surface area is 261 Å². The molecule has 1 amide bonds. The summed E-state index contributed by atoms with van der Waals surface area (Å²) in [5.74, 6) is -1.59. The number of aromatic nitrogens is 1. The minimum Gasteiger partial charge on any atom is -0.493 e. The number of aromatic amines is 1. The largest absolute Gasteiger partial charge is 0.493 e. The van der Waals surface area contributed by atoms with Crippen molar-refractivity contribution in [3.8, 4) is 34.1 Å². The molecule has 0 saturated carbocycles. The number of hydrogen-bond donors (Lipinski definition) is 2. The minimum atomic E-state index is -0.706. The van der Waals surface area contributed by atoms with Crippen LogP contribution in [0.25, 0.3) is 22.0 Å². The third-order valence-electron chi connectivity index (χ3n) is 6.55. The van der Waals surface area contributed by atoms with Gasteiger partial charge in [-0.15, -0.1) is 0 Å². The summed E-state index contributed by atoms with van der Waals surface area (Å²) < 4.78 is 35.3. The number of nitrogens with zero attached hydrogens (tertiary/aromatic N) is 1. The Bertz CT molecular complexity index is 1970. The average Bonchev–Trinajstić information content (AvgIpc) is 3.40. The predicted molar refractivity (Wildman–Crippen MR) is 166 cm³/mol. The molecule has 2 N–H and O–H groups in total. The number of halogens is 2. The normalized spacial score (nSPS) is 11.0. The van der Waals surface area contributed by atoms with Gasteiger partial charge in [-0.25, -0.2) is 14.6 Å². The van der Waals surface area contributed by atoms with E-state index in [4.69, 9.17) is 30.5 Å². The number of nitrogens with one attached hydrogen (secondary N) is 2. The zero-order valence-electron chi connectivity index (χ0n) is 24.1. The number of methoxy groups -OCH3 is 2. The maximum Gasteiger partial charge on any atom is 0.343 e. The van der Waals surface area contributed by atoms with Crippen LogP contribution in [-0.4, -0.2) is 43.3 Å². The van der Waals surface area contributed by atoms with Gasteiger partial charge < -0.3 is 23.9 Å². The van der Waals surface area contributed by atoms with Crippen molar-refractivity contribution < 1.29 is 37.7 Å². The second-order valence-electron chi connectivity index (χ2n) is 9.50. The summed E-state index contributed by atoms with van der Waals surface area (Å²) in [4.78, 5) is 40.4. The second kappa shape index (κ2) is 13.3. The van der Waals surface area contributed by atoms with E-state index >= 15 is 0 Å². The highest BCUT2D eigenvalue weighted by molar-refractivity contribution is 6.34. The molecule has 0 aliphatic rings. The van der Waals surface area contributed by atoms with Gasteiger partial charge in [0.25, 0.3) is 5.91 Å². The molecule has 12 heteroatoms. The monoisotopic (exact) mass is 629 g/mol. The van der Waals surface area contributed by atoms with Gasteiger partial charge in [0.15, 0.2) is 23.0 Å². The molecule has 0 radical (unpaired) electrons. The fourth-order valence-corrected chi connectivity index (χ4v) is 4.77. The van der Waals surface area contributed by atoms with Gasteiger partial charge in [0.1, 0.15) is 11.5 Å². The number of hydrazone groups is 1. The Morgan fingerprint density at radius 3 is 2.31 bits per heavy atom. The van der Waals surface area contributed by atoms with Gasteiger partial charge in [0, 0.05) is 34.0 Å². The lowest BCUT2D eigenvalue weighted by Gasteiger charge is -2.12. The Balaban J connectivity index is 1.33. The standard InChI is InChI=1S/C33H25ClFN3O7/c1-18(39)44-26-13-9-20(15-29(26)43-3)33(41)45-27-12-8-19(14-28(27)42-2)17-36-38-32(40)31-30(22-6-4-5-7-24(22)34)23-16-21(35)10-11-25(23)37-31/h4-17,37H,1-3H3,(H,38,40). The van der Waals surface area contributed by atoms with Gasteiger partial charge in [0.2, 0.25) is 0 Å². The number of fused-ring (bicyclic) bond motifs is 1. The van der Waals surface area contributed by atoms with Crippen molar-refractivity contribution >= 4 is 46.6 Å². The average molecular weight is 630 g/mol. The van der Waals surface area contributed by atoms with Crippen LogP contribution in [0.2, 0.25) is 5.02 Å². The zero-order chi connectivity index (χ0) is 32.1. The van der Waals surface area contributed by atoms with Crippen LogP contribution in [0.15, 0.2) is 84.0 Å². The lowest BCUT2D eigenvalue weighted by Crippen LogP contribution is -2.19. The smallest absolute Gasteiger partial charge is 0.343 e. The third-order valence-corrected chi connectivity index (χ3v) is 6.88. The van der Waals surface area contributed by atoms with Crippen LogP contribution in [0, 0.1) is 5.82 Å². The summed E-state index contributed by atoms with van der Waals surface area (Å²) in [6.45, 7) is 1.25. The molecule has 0 unspecified atom stereocenters. The van der Waals surface area contributed by atoms with E-state index in [1.165, 1.54) is 63.8 Å². The topological polar surface area (TPSA) is 128 Å². The molecule has 1 heterocycles. The zero-order valence-corrected chi connectivity index (χ0v) is 24.9. The molecule has 0 aliphatic carbocycles. The van der Waals surface area contributed by atoms with Crippen molar-refractivity contribution in [1.82, 2.24) is 10.4 Å². The summed E-state index contributed by atoms with van der Waals surface area (Å²) in [5.41, 5.74) is 4.84. The number of carbonyl (C=O) groups excluding carboxylic acids is 3. The van der Waals surface area contributed by atoms with E-state index in [0.29, 0.717) is 32.6 Å². The lowest BCUT2D eigenvalue weighted by molar-refractivity contribution is -0.132. The van der Waals surface area contributed by atoms with Crippen LogP contribution < -0.4 is 24.4 Å². The van der Waals surface area contributed by atoms with Crippen LogP contribution in [0.3, 0.4) is 0 Å². The maximum atomic E-state index is 14.1. The van der Waals surface area contributed by atoms with Crippen molar-refractivity contribution in [2.75, 3.05) is 14.2 Å². The fraction of sp³-hybridized carbons (Fsp3) is 0.0909. The Hall–Kier alpha value is -5.68. The summed E-state index contributed by atoms with van der Waals surface area (Å²) >= 11 is 6.43. The molecule has 5 aromatic rings. The van der Waals surface area contributed by atoms with Crippen LogP contribution in [0.1, 0.15) is 33.3 Å². The summed E-state index contributed by atoms with van der Waals surface area (Å²) in [6.07, 6.45) is 1.38. The second-order valence-corrected chi connectivity index (χ2v) is 9.91. The highest BCUT2D eigenvalue weighted by atomic mass is 35.5. The van der Waals surface area contributed by atoms with Gasteiger partial charge in [0.05, 0.1) is 26.0 Å². The van der Waals surface area contributed by atoms with E-state index in [0.717, 1.165) is 0 Å². The van der Waals surface area contributed by atoms with E-state index in [9.17, 15) is 18.8 Å². The number of amides is 1. The quantitative estimate of drug-likeness (QED) is 0.0818. The van der Waals surface area contributed by atoms with Gasteiger partial charge >= 0.3 is 11.9 Å². The molecule has 0 spiro atoms. The Morgan fingerprint density at radius 1 is 0.867 bits per heavy atom. The molecule has 45 heavy (non-hydrogen) atoms. The number of hydrogen-bond acceptors (Lipinski definition) is 8. The van der Waals surface area contributed by atoms with Crippen molar-refractivity contribution in [2.24, 2.45) is 5.10 Å². The molecule has 0 aliphatic heterocycles. The Morgan fingerprint density at radius 2 is 1.58 bits per heavy atom. The van der Waals surface area contributed by atoms with E-state index in [2.05, 4.69) is 15.5 Å². The first-order valence-electron chi connectivity index (χ1n) is 13.3. The number of rotatable bonds is 9. The molecular formula is C33H25ClFN3O7. The van der Waals surface area contributed by atoms with Crippen molar-refractivity contribution in [3.63, 3.8) is 0 Å². The molecule has 10 nitrogen and oxygen atoms in total. The molecule has 4 aromatic carbocycles. The number of carbonyl (C=O) groups is 3. The first-order valence-corrected chi connectivity index (χ1v) is 13.7. The van der Waals surface area contributed by atoms with Gasteiger partial charge in [-0.05, 0) is 66.2 Å². The van der Waals surface area contributed by atoms with Crippen LogP contribution >= 0.6 is 11.6 Å². The lowest BCUT2D eigenvalue weighted by atomic mass is 10.0. The van der Waals surface area contributed by atoms with E-state index in [-0.39, 0.29) is 34.3 Å². The molecular weight excluding hydrogens is 605 g/mol. The summed E-state index contributed by atoms with van der Waals surface area (Å²) in [5, 5.41) is 4.95. The van der Waals surface area contributed by atoms with Crippen molar-refractivity contribution in [3.05, 3.63) is 107 Å². The van der Waals surface area contributed by atoms with Crippen molar-refractivity contribution in [1.29, 1.82) is 0 Å². The highest BCUT2D eigenvalue weighted by Gasteiger charge is 2.21. The Kier molecular flexibility index (Phi) is 9.10. The molecule has 0 saturated heterocycles.